The zero-order valence-electron chi connectivity index (χ0n) is 15.4. The van der Waals surface area contributed by atoms with Crippen LogP contribution in [0.25, 0.3) is 0 Å². The molecule has 1 aliphatic carbocycles. The molecule has 1 heterocycles. The molecule has 1 atom stereocenters. The molecule has 0 amide bonds. The van der Waals surface area contributed by atoms with Gasteiger partial charge in [-0.2, -0.15) is 0 Å². The fraction of sp³-hybridized carbons (Fsp3) is 0.400. The summed E-state index contributed by atoms with van der Waals surface area (Å²) in [6.07, 6.45) is 0.682. The van der Waals surface area contributed by atoms with Crippen LogP contribution in [-0.4, -0.2) is 18.4 Å². The third-order valence-corrected chi connectivity index (χ3v) is 5.07. The van der Waals surface area contributed by atoms with E-state index < -0.39 is 17.7 Å². The first-order valence-corrected chi connectivity index (χ1v) is 9.09. The van der Waals surface area contributed by atoms with Gasteiger partial charge in [-0.25, -0.2) is 9.18 Å². The number of nitrogens with two attached hydrogens (primary N) is 1. The number of benzene rings is 1. The lowest BCUT2D eigenvalue weighted by Crippen LogP contribution is -2.36. The Labute approximate surface area is 162 Å². The van der Waals surface area contributed by atoms with Gasteiger partial charge in [-0.05, 0) is 24.5 Å². The van der Waals surface area contributed by atoms with Crippen molar-refractivity contribution in [3.63, 3.8) is 0 Å². The molecule has 0 saturated carbocycles. The number of hydrogen-bond acceptors (Lipinski definition) is 5. The number of halogens is 2. The van der Waals surface area contributed by atoms with E-state index >= 15 is 0 Å². The molecular weight excluding hydrogens is 373 g/mol. The van der Waals surface area contributed by atoms with Gasteiger partial charge in [-0.3, -0.25) is 4.79 Å². The summed E-state index contributed by atoms with van der Waals surface area (Å²) in [6.45, 7) is 5.61. The maximum absolute atomic E-state index is 14.7. The van der Waals surface area contributed by atoms with Gasteiger partial charge < -0.3 is 15.2 Å². The second-order valence-corrected chi connectivity index (χ2v) is 7.85. The van der Waals surface area contributed by atoms with Gasteiger partial charge in [0.15, 0.2) is 5.78 Å². The number of allylic oxidation sites excluding steroid dienone is 2. The van der Waals surface area contributed by atoms with Crippen LogP contribution in [0, 0.1) is 11.2 Å². The summed E-state index contributed by atoms with van der Waals surface area (Å²) < 4.78 is 25.5. The first-order valence-electron chi connectivity index (χ1n) is 8.71. The SMILES string of the molecule is CCOC(=O)C1=C(N)OC2=C(C(=O)CC(C)(C)C2)[C@H]1c1c(F)cccc1Cl. The quantitative estimate of drug-likeness (QED) is 0.786. The zero-order valence-corrected chi connectivity index (χ0v) is 16.2. The minimum absolute atomic E-state index is 0.0222. The van der Waals surface area contributed by atoms with Crippen LogP contribution < -0.4 is 5.73 Å². The van der Waals surface area contributed by atoms with Crippen LogP contribution in [0.5, 0.6) is 0 Å². The summed E-state index contributed by atoms with van der Waals surface area (Å²) in [6, 6.07) is 4.19. The maximum Gasteiger partial charge on any atom is 0.340 e. The molecule has 1 aliphatic heterocycles. The Hall–Kier alpha value is -2.34. The minimum atomic E-state index is -1.06. The van der Waals surface area contributed by atoms with Crippen molar-refractivity contribution in [3.05, 3.63) is 57.4 Å². The molecule has 3 rings (SSSR count). The van der Waals surface area contributed by atoms with Crippen molar-refractivity contribution in [1.29, 1.82) is 0 Å². The van der Waals surface area contributed by atoms with Crippen molar-refractivity contribution >= 4 is 23.4 Å². The lowest BCUT2D eigenvalue weighted by Gasteiger charge is -2.38. The van der Waals surface area contributed by atoms with E-state index in [0.29, 0.717) is 12.2 Å². The predicted molar refractivity (Wildman–Crippen MR) is 98.1 cm³/mol. The Balaban J connectivity index is 2.26. The number of carbonyl (C=O) groups is 2. The van der Waals surface area contributed by atoms with Crippen LogP contribution >= 0.6 is 11.6 Å². The molecule has 1 aromatic rings. The lowest BCUT2D eigenvalue weighted by atomic mass is 9.70. The molecular formula is C20H21ClFNO4. The second-order valence-electron chi connectivity index (χ2n) is 7.45. The Morgan fingerprint density at radius 3 is 2.74 bits per heavy atom. The first-order chi connectivity index (χ1) is 12.7. The molecule has 27 heavy (non-hydrogen) atoms. The molecule has 2 aliphatic rings. The number of esters is 1. The van der Waals surface area contributed by atoms with Gasteiger partial charge in [0.25, 0.3) is 0 Å². The summed E-state index contributed by atoms with van der Waals surface area (Å²) >= 11 is 6.26. The molecule has 0 spiro atoms. The molecule has 5 nitrogen and oxygen atoms in total. The first kappa shape index (κ1) is 19.4. The van der Waals surface area contributed by atoms with Crippen LogP contribution in [0.1, 0.15) is 45.1 Å². The fourth-order valence-corrected chi connectivity index (χ4v) is 3.94. The average molecular weight is 394 g/mol. The number of ether oxygens (including phenoxy) is 2. The topological polar surface area (TPSA) is 78.6 Å². The molecule has 7 heteroatoms. The molecule has 0 aromatic heterocycles. The molecule has 0 fully saturated rings. The Kier molecular flexibility index (Phi) is 5.04. The maximum atomic E-state index is 14.7. The van der Waals surface area contributed by atoms with Gasteiger partial charge in [0, 0.05) is 29.0 Å². The predicted octanol–water partition coefficient (Wildman–Crippen LogP) is 3.97. The van der Waals surface area contributed by atoms with Crippen LogP contribution in [0.2, 0.25) is 5.02 Å². The normalized spacial score (nSPS) is 21.7. The highest BCUT2D eigenvalue weighted by Gasteiger charge is 2.46. The molecule has 0 unspecified atom stereocenters. The van der Waals surface area contributed by atoms with Crippen molar-refractivity contribution in [2.75, 3.05) is 6.61 Å². The van der Waals surface area contributed by atoms with E-state index in [9.17, 15) is 14.0 Å². The van der Waals surface area contributed by atoms with Crippen LogP contribution in [0.15, 0.2) is 41.0 Å². The highest BCUT2D eigenvalue weighted by molar-refractivity contribution is 6.31. The monoisotopic (exact) mass is 393 g/mol. The molecule has 0 bridgehead atoms. The number of rotatable bonds is 3. The van der Waals surface area contributed by atoms with E-state index in [1.807, 2.05) is 13.8 Å². The molecule has 0 saturated heterocycles. The highest BCUT2D eigenvalue weighted by atomic mass is 35.5. The third kappa shape index (κ3) is 3.46. The van der Waals surface area contributed by atoms with Gasteiger partial charge in [-0.1, -0.05) is 31.5 Å². The van der Waals surface area contributed by atoms with Crippen LogP contribution in [0.4, 0.5) is 4.39 Å². The lowest BCUT2D eigenvalue weighted by molar-refractivity contribution is -0.139. The highest BCUT2D eigenvalue weighted by Crippen LogP contribution is 2.49. The van der Waals surface area contributed by atoms with Gasteiger partial charge >= 0.3 is 5.97 Å². The van der Waals surface area contributed by atoms with Gasteiger partial charge in [0.2, 0.25) is 5.88 Å². The molecule has 2 N–H and O–H groups in total. The zero-order chi connectivity index (χ0) is 19.9. The second kappa shape index (κ2) is 7.00. The van der Waals surface area contributed by atoms with Gasteiger partial charge in [0.1, 0.15) is 17.1 Å². The van der Waals surface area contributed by atoms with Crippen molar-refractivity contribution in [1.82, 2.24) is 0 Å². The summed E-state index contributed by atoms with van der Waals surface area (Å²) in [5, 5.41) is 0.0981. The van der Waals surface area contributed by atoms with Crippen molar-refractivity contribution in [2.45, 2.75) is 39.5 Å². The Morgan fingerprint density at radius 1 is 1.41 bits per heavy atom. The van der Waals surface area contributed by atoms with E-state index in [-0.39, 0.29) is 51.8 Å². The fourth-order valence-electron chi connectivity index (χ4n) is 3.67. The molecule has 144 valence electrons. The van der Waals surface area contributed by atoms with Crippen LogP contribution in [-0.2, 0) is 19.1 Å². The summed E-state index contributed by atoms with van der Waals surface area (Å²) in [7, 11) is 0. The van der Waals surface area contributed by atoms with Gasteiger partial charge in [-0.15, -0.1) is 0 Å². The van der Waals surface area contributed by atoms with Crippen molar-refractivity contribution in [2.24, 2.45) is 11.1 Å². The smallest absolute Gasteiger partial charge is 0.340 e. The minimum Gasteiger partial charge on any atom is -0.462 e. The van der Waals surface area contributed by atoms with Gasteiger partial charge in [0.05, 0.1) is 12.5 Å². The average Bonchev–Trinajstić information content (AvgIpc) is 2.52. The summed E-state index contributed by atoms with van der Waals surface area (Å²) in [4.78, 5) is 25.5. The summed E-state index contributed by atoms with van der Waals surface area (Å²) in [5.41, 5.74) is 5.83. The van der Waals surface area contributed by atoms with Crippen LogP contribution in [0.3, 0.4) is 0 Å². The van der Waals surface area contributed by atoms with E-state index in [4.69, 9.17) is 26.8 Å². The van der Waals surface area contributed by atoms with E-state index in [0.717, 1.165) is 0 Å². The largest absolute Gasteiger partial charge is 0.462 e. The Morgan fingerprint density at radius 2 is 2.11 bits per heavy atom. The molecule has 1 aromatic carbocycles. The summed E-state index contributed by atoms with van der Waals surface area (Å²) in [5.74, 6) is -2.52. The number of Topliss-reactive ketones (excluding diaryl/α,β-unsaturated/α-hetero) is 1. The van der Waals surface area contributed by atoms with E-state index in [2.05, 4.69) is 0 Å². The van der Waals surface area contributed by atoms with E-state index in [1.54, 1.807) is 6.92 Å². The van der Waals surface area contributed by atoms with Crippen molar-refractivity contribution < 1.29 is 23.5 Å². The molecule has 0 radical (unpaired) electrons. The Bertz CT molecular complexity index is 868. The number of hydrogen-bond donors (Lipinski definition) is 1. The third-order valence-electron chi connectivity index (χ3n) is 4.74. The van der Waals surface area contributed by atoms with E-state index in [1.165, 1.54) is 18.2 Å². The van der Waals surface area contributed by atoms with Crippen molar-refractivity contribution in [3.8, 4) is 0 Å². The number of carbonyl (C=O) groups excluding carboxylic acids is 2. The number of ketones is 1. The standard InChI is InChI=1S/C20H21ClFNO4/c1-4-26-19(25)17-16(14-10(21)6-5-7-11(14)22)15-12(24)8-20(2,3)9-13(15)27-18(17)23/h5-7,16H,4,8-9,23H2,1-3H3/t16-/m1/s1.